The molecule has 0 bridgehead atoms. The van der Waals surface area contributed by atoms with Crippen LogP contribution in [-0.2, 0) is 0 Å². The fourth-order valence-corrected chi connectivity index (χ4v) is 2.95. The zero-order valence-electron chi connectivity index (χ0n) is 13.7. The summed E-state index contributed by atoms with van der Waals surface area (Å²) in [5.41, 5.74) is 2.62. The first-order chi connectivity index (χ1) is 10.7. The molecule has 0 unspecified atom stereocenters. The summed E-state index contributed by atoms with van der Waals surface area (Å²) in [6.45, 7) is 6.67. The molecule has 2 rings (SSSR count). The van der Waals surface area contributed by atoms with E-state index >= 15 is 0 Å². The van der Waals surface area contributed by atoms with Gasteiger partial charge in [-0.3, -0.25) is 4.90 Å². The Morgan fingerprint density at radius 1 is 0.864 bits per heavy atom. The normalized spacial score (nSPS) is 11.5. The van der Waals surface area contributed by atoms with Gasteiger partial charge in [-0.15, -0.1) is 0 Å². The van der Waals surface area contributed by atoms with Crippen molar-refractivity contribution in [3.63, 3.8) is 0 Å². The molecule has 0 atom stereocenters. The van der Waals surface area contributed by atoms with E-state index in [0.717, 1.165) is 19.5 Å². The molecule has 0 aliphatic carbocycles. The van der Waals surface area contributed by atoms with E-state index in [2.05, 4.69) is 79.4 Å². The van der Waals surface area contributed by atoms with Gasteiger partial charge >= 0.3 is 0 Å². The highest BCUT2D eigenvalue weighted by molar-refractivity contribution is 5.31. The summed E-state index contributed by atoms with van der Waals surface area (Å²) in [5, 5.41) is 9.25. The maximum atomic E-state index is 9.25. The summed E-state index contributed by atoms with van der Waals surface area (Å²) < 4.78 is 0. The zero-order chi connectivity index (χ0) is 15.8. The van der Waals surface area contributed by atoms with Crippen LogP contribution in [0.3, 0.4) is 0 Å². The van der Waals surface area contributed by atoms with Gasteiger partial charge in [0.15, 0.2) is 0 Å². The van der Waals surface area contributed by atoms with Crippen LogP contribution in [0.25, 0.3) is 0 Å². The van der Waals surface area contributed by atoms with E-state index in [0.29, 0.717) is 5.92 Å². The van der Waals surface area contributed by atoms with E-state index in [4.69, 9.17) is 0 Å². The summed E-state index contributed by atoms with van der Waals surface area (Å²) in [7, 11) is 0. The van der Waals surface area contributed by atoms with Crippen molar-refractivity contribution in [1.82, 2.24) is 4.90 Å². The van der Waals surface area contributed by atoms with E-state index in [-0.39, 0.29) is 12.6 Å². The largest absolute Gasteiger partial charge is 0.396 e. The molecule has 0 spiro atoms. The second-order valence-corrected chi connectivity index (χ2v) is 6.19. The van der Waals surface area contributed by atoms with Gasteiger partial charge in [0, 0.05) is 19.7 Å². The van der Waals surface area contributed by atoms with Crippen molar-refractivity contribution in [2.45, 2.75) is 26.3 Å². The number of rotatable bonds is 8. The van der Waals surface area contributed by atoms with Gasteiger partial charge in [0.05, 0.1) is 6.04 Å². The van der Waals surface area contributed by atoms with Crippen LogP contribution in [0.15, 0.2) is 60.7 Å². The second kappa shape index (κ2) is 8.72. The van der Waals surface area contributed by atoms with Gasteiger partial charge in [0.25, 0.3) is 0 Å². The van der Waals surface area contributed by atoms with Crippen LogP contribution in [0.1, 0.15) is 37.4 Å². The van der Waals surface area contributed by atoms with E-state index in [1.165, 1.54) is 11.1 Å². The fourth-order valence-electron chi connectivity index (χ4n) is 2.95. The Kier molecular flexibility index (Phi) is 6.63. The minimum atomic E-state index is 0.241. The monoisotopic (exact) mass is 297 g/mol. The minimum Gasteiger partial charge on any atom is -0.396 e. The van der Waals surface area contributed by atoms with Gasteiger partial charge in [-0.05, 0) is 23.5 Å². The minimum absolute atomic E-state index is 0.241. The maximum absolute atomic E-state index is 9.25. The Hall–Kier alpha value is -1.64. The van der Waals surface area contributed by atoms with E-state index in [1.54, 1.807) is 0 Å². The number of hydrogen-bond acceptors (Lipinski definition) is 2. The highest BCUT2D eigenvalue weighted by atomic mass is 16.3. The number of hydrogen-bond donors (Lipinski definition) is 1. The van der Waals surface area contributed by atoms with Crippen LogP contribution in [0.4, 0.5) is 0 Å². The van der Waals surface area contributed by atoms with Crippen molar-refractivity contribution in [3.05, 3.63) is 71.8 Å². The van der Waals surface area contributed by atoms with Crippen LogP contribution >= 0.6 is 0 Å². The van der Waals surface area contributed by atoms with E-state index < -0.39 is 0 Å². The number of aliphatic hydroxyl groups is 1. The molecule has 118 valence electrons. The number of nitrogens with zero attached hydrogens (tertiary/aromatic N) is 1. The highest BCUT2D eigenvalue weighted by Gasteiger charge is 2.22. The van der Waals surface area contributed by atoms with Crippen LogP contribution < -0.4 is 0 Å². The quantitative estimate of drug-likeness (QED) is 0.792. The molecule has 2 nitrogen and oxygen atoms in total. The summed E-state index contributed by atoms with van der Waals surface area (Å²) in [5.74, 6) is 0.591. The molecule has 0 aliphatic rings. The highest BCUT2D eigenvalue weighted by Crippen LogP contribution is 2.29. The third kappa shape index (κ3) is 4.69. The molecule has 0 fully saturated rings. The molecule has 2 aromatic rings. The van der Waals surface area contributed by atoms with Crippen molar-refractivity contribution < 1.29 is 5.11 Å². The molecule has 1 N–H and O–H groups in total. The van der Waals surface area contributed by atoms with Gasteiger partial charge in [0.1, 0.15) is 0 Å². The first-order valence-corrected chi connectivity index (χ1v) is 8.17. The summed E-state index contributed by atoms with van der Waals surface area (Å²) >= 11 is 0. The average Bonchev–Trinajstić information content (AvgIpc) is 2.54. The second-order valence-electron chi connectivity index (χ2n) is 6.19. The molecular weight excluding hydrogens is 270 g/mol. The Balaban J connectivity index is 2.36. The SMILES string of the molecule is CC(C)CN(CCCO)C(c1ccccc1)c1ccccc1. The molecule has 0 aliphatic heterocycles. The van der Waals surface area contributed by atoms with E-state index in [9.17, 15) is 5.11 Å². The zero-order valence-corrected chi connectivity index (χ0v) is 13.7. The Morgan fingerprint density at radius 2 is 1.36 bits per heavy atom. The lowest BCUT2D eigenvalue weighted by Crippen LogP contribution is -2.34. The third-order valence-corrected chi connectivity index (χ3v) is 3.80. The first kappa shape index (κ1) is 16.7. The average molecular weight is 297 g/mol. The first-order valence-electron chi connectivity index (χ1n) is 8.17. The molecular formula is C20H27NO. The predicted molar refractivity (Wildman–Crippen MR) is 92.8 cm³/mol. The molecule has 0 heterocycles. The smallest absolute Gasteiger partial charge is 0.0601 e. The third-order valence-electron chi connectivity index (χ3n) is 3.80. The van der Waals surface area contributed by atoms with Crippen LogP contribution in [0.5, 0.6) is 0 Å². The maximum Gasteiger partial charge on any atom is 0.0601 e. The van der Waals surface area contributed by atoms with Crippen molar-refractivity contribution in [1.29, 1.82) is 0 Å². The van der Waals surface area contributed by atoms with Gasteiger partial charge in [-0.25, -0.2) is 0 Å². The molecule has 2 aromatic carbocycles. The molecule has 0 radical (unpaired) electrons. The lowest BCUT2D eigenvalue weighted by atomic mass is 9.96. The Labute approximate surface area is 134 Å². The summed E-state index contributed by atoms with van der Waals surface area (Å²) in [6, 6.07) is 21.6. The lowest BCUT2D eigenvalue weighted by molar-refractivity contribution is 0.176. The topological polar surface area (TPSA) is 23.5 Å². The summed E-state index contributed by atoms with van der Waals surface area (Å²) in [4.78, 5) is 2.49. The number of benzene rings is 2. The van der Waals surface area contributed by atoms with Crippen molar-refractivity contribution in [2.24, 2.45) is 5.92 Å². The number of aliphatic hydroxyl groups excluding tert-OH is 1. The molecule has 0 aromatic heterocycles. The van der Waals surface area contributed by atoms with Crippen LogP contribution in [0, 0.1) is 5.92 Å². The predicted octanol–water partition coefficient (Wildman–Crippen LogP) is 4.12. The van der Waals surface area contributed by atoms with Crippen LogP contribution in [0.2, 0.25) is 0 Å². The van der Waals surface area contributed by atoms with E-state index in [1.807, 2.05) is 0 Å². The van der Waals surface area contributed by atoms with Crippen molar-refractivity contribution in [2.75, 3.05) is 19.7 Å². The molecule has 0 saturated heterocycles. The molecule has 22 heavy (non-hydrogen) atoms. The standard InChI is InChI=1S/C20H27NO/c1-17(2)16-21(14-9-15-22)20(18-10-5-3-6-11-18)19-12-7-4-8-13-19/h3-8,10-13,17,20,22H,9,14-16H2,1-2H3. The van der Waals surface area contributed by atoms with Crippen LogP contribution in [-0.4, -0.2) is 29.7 Å². The Morgan fingerprint density at radius 3 is 1.77 bits per heavy atom. The van der Waals surface area contributed by atoms with Gasteiger partial charge < -0.3 is 5.11 Å². The van der Waals surface area contributed by atoms with Gasteiger partial charge in [-0.1, -0.05) is 74.5 Å². The van der Waals surface area contributed by atoms with Gasteiger partial charge in [-0.2, -0.15) is 0 Å². The molecule has 0 saturated carbocycles. The molecule has 0 amide bonds. The van der Waals surface area contributed by atoms with Crippen molar-refractivity contribution >= 4 is 0 Å². The van der Waals surface area contributed by atoms with Gasteiger partial charge in [0.2, 0.25) is 0 Å². The summed E-state index contributed by atoms with van der Waals surface area (Å²) in [6.07, 6.45) is 0.808. The van der Waals surface area contributed by atoms with Crippen molar-refractivity contribution in [3.8, 4) is 0 Å². The Bertz CT molecular complexity index is 484. The lowest BCUT2D eigenvalue weighted by Gasteiger charge is -2.34. The fraction of sp³-hybridized carbons (Fsp3) is 0.400. The molecule has 2 heteroatoms.